The van der Waals surface area contributed by atoms with Gasteiger partial charge in [-0.15, -0.1) is 0 Å². The third-order valence-electron chi connectivity index (χ3n) is 2.55. The van der Waals surface area contributed by atoms with Gasteiger partial charge in [0.05, 0.1) is 24.8 Å². The van der Waals surface area contributed by atoms with Crippen molar-refractivity contribution < 1.29 is 0 Å². The Morgan fingerprint density at radius 1 is 1.07 bits per heavy atom. The Bertz CT molecular complexity index is 283. The molecule has 0 saturated heterocycles. The average Bonchev–Trinajstić information content (AvgIpc) is 2.02. The van der Waals surface area contributed by atoms with Crippen molar-refractivity contribution in [2.24, 2.45) is 5.92 Å². The first-order chi connectivity index (χ1) is 6.42. The summed E-state index contributed by atoms with van der Waals surface area (Å²) in [5, 5.41) is 1.57. The maximum atomic E-state index is 2.44. The quantitative estimate of drug-likeness (QED) is 0.668. The topological polar surface area (TPSA) is 0 Å². The normalized spacial score (nSPS) is 12.1. The van der Waals surface area contributed by atoms with Gasteiger partial charge in [-0.25, -0.2) is 0 Å². The van der Waals surface area contributed by atoms with E-state index in [4.69, 9.17) is 0 Å². The first kappa shape index (κ1) is 11.7. The molecule has 0 bridgehead atoms. The molecule has 1 heteroatoms. The molecule has 78 valence electrons. The second-order valence-corrected chi connectivity index (χ2v) is 9.35. The molecule has 0 N–H and O–H groups in total. The summed E-state index contributed by atoms with van der Waals surface area (Å²) in [4.78, 5) is 0. The van der Waals surface area contributed by atoms with Gasteiger partial charge in [-0.3, -0.25) is 0 Å². The van der Waals surface area contributed by atoms with E-state index >= 15 is 0 Å². The average molecular weight is 209 g/mol. The molecule has 0 aliphatic heterocycles. The molecule has 0 aromatic heterocycles. The highest BCUT2D eigenvalue weighted by molar-refractivity contribution is 7.81. The smallest absolute Gasteiger partial charge is 0.0593 e. The zero-order valence-corrected chi connectivity index (χ0v) is 10.9. The summed E-state index contributed by atoms with van der Waals surface area (Å²) in [5.41, 5.74) is 1.36. The summed E-state index contributed by atoms with van der Waals surface area (Å²) in [6.07, 6.45) is 1.36. The predicted molar refractivity (Wildman–Crippen MR) is 69.3 cm³/mol. The van der Waals surface area contributed by atoms with Gasteiger partial charge in [-0.1, -0.05) is 31.5 Å². The molecule has 0 radical (unpaired) electrons. The van der Waals surface area contributed by atoms with Crippen LogP contribution in [0.2, 0.25) is 0 Å². The van der Waals surface area contributed by atoms with Crippen molar-refractivity contribution in [1.29, 1.82) is 0 Å². The van der Waals surface area contributed by atoms with Crippen LogP contribution in [0.25, 0.3) is 0 Å². The van der Waals surface area contributed by atoms with Gasteiger partial charge >= 0.3 is 0 Å². The lowest BCUT2D eigenvalue weighted by molar-refractivity contribution is 0.743. The minimum atomic E-state index is -0.871. The van der Waals surface area contributed by atoms with Crippen molar-refractivity contribution in [2.45, 2.75) is 20.8 Å². The van der Waals surface area contributed by atoms with E-state index in [-0.39, 0.29) is 0 Å². The van der Waals surface area contributed by atoms with Crippen molar-refractivity contribution in [3.63, 3.8) is 0 Å². The number of rotatable bonds is 3. The molecular weight excluding hydrogens is 187 g/mol. The largest absolute Gasteiger partial charge is 0.0933 e. The third kappa shape index (κ3) is 3.10. The summed E-state index contributed by atoms with van der Waals surface area (Å²) in [7, 11) is -0.871. The zero-order valence-electron chi connectivity index (χ0n) is 10.0. The Kier molecular flexibility index (Phi) is 3.72. The molecule has 1 aromatic carbocycles. The van der Waals surface area contributed by atoms with Gasteiger partial charge in [0.1, 0.15) is 0 Å². The molecule has 0 atom stereocenters. The SMILES string of the molecule is Cc1ccc([P+](C)(C)CC(C)C)cc1. The Morgan fingerprint density at radius 2 is 1.57 bits per heavy atom. The molecule has 1 rings (SSSR count). The van der Waals surface area contributed by atoms with Crippen LogP contribution in [0.4, 0.5) is 0 Å². The van der Waals surface area contributed by atoms with E-state index in [1.54, 1.807) is 5.30 Å². The predicted octanol–water partition coefficient (Wildman–Crippen LogP) is 3.55. The van der Waals surface area contributed by atoms with E-state index in [2.05, 4.69) is 58.4 Å². The third-order valence-corrected chi connectivity index (χ3v) is 5.89. The van der Waals surface area contributed by atoms with Crippen molar-refractivity contribution >= 4 is 12.6 Å². The van der Waals surface area contributed by atoms with E-state index in [0.29, 0.717) is 0 Å². The van der Waals surface area contributed by atoms with Crippen LogP contribution in [0.1, 0.15) is 19.4 Å². The van der Waals surface area contributed by atoms with Crippen LogP contribution in [0.15, 0.2) is 24.3 Å². The maximum Gasteiger partial charge on any atom is 0.0933 e. The molecule has 1 aromatic rings. The highest BCUT2D eigenvalue weighted by Crippen LogP contribution is 2.51. The molecule has 0 amide bonds. The summed E-state index contributed by atoms with van der Waals surface area (Å²) >= 11 is 0. The number of hydrogen-bond acceptors (Lipinski definition) is 0. The van der Waals surface area contributed by atoms with E-state index in [9.17, 15) is 0 Å². The zero-order chi connectivity index (χ0) is 10.8. The number of hydrogen-bond donors (Lipinski definition) is 0. The van der Waals surface area contributed by atoms with Gasteiger partial charge < -0.3 is 0 Å². The van der Waals surface area contributed by atoms with E-state index < -0.39 is 7.26 Å². The Hall–Kier alpha value is -0.350. The lowest BCUT2D eigenvalue weighted by Crippen LogP contribution is -2.15. The van der Waals surface area contributed by atoms with Crippen LogP contribution >= 0.6 is 7.26 Å². The van der Waals surface area contributed by atoms with Crippen molar-refractivity contribution in [3.05, 3.63) is 29.8 Å². The molecule has 0 aliphatic carbocycles. The minimum Gasteiger partial charge on any atom is -0.0593 e. The summed E-state index contributed by atoms with van der Waals surface area (Å²) in [6.45, 7) is 11.7. The highest BCUT2D eigenvalue weighted by Gasteiger charge is 2.28. The standard InChI is InChI=1S/C13H22P/c1-11(2)10-14(4,5)13-8-6-12(3)7-9-13/h6-9,11H,10H2,1-5H3/q+1. The van der Waals surface area contributed by atoms with Crippen LogP contribution < -0.4 is 5.30 Å². The molecule has 0 spiro atoms. The van der Waals surface area contributed by atoms with Gasteiger partial charge in [0.25, 0.3) is 0 Å². The van der Waals surface area contributed by atoms with Crippen molar-refractivity contribution in [1.82, 2.24) is 0 Å². The first-order valence-corrected chi connectivity index (χ1v) is 8.19. The Labute approximate surface area is 89.1 Å². The summed E-state index contributed by atoms with van der Waals surface area (Å²) in [5.74, 6) is 0.805. The molecule has 14 heavy (non-hydrogen) atoms. The van der Waals surface area contributed by atoms with Gasteiger partial charge in [0.15, 0.2) is 0 Å². The van der Waals surface area contributed by atoms with Gasteiger partial charge in [0.2, 0.25) is 0 Å². The van der Waals surface area contributed by atoms with E-state index in [1.165, 1.54) is 11.7 Å². The molecule has 0 fully saturated rings. The molecule has 0 saturated carbocycles. The molecule has 0 heterocycles. The Morgan fingerprint density at radius 3 is 2.00 bits per heavy atom. The van der Waals surface area contributed by atoms with Crippen LogP contribution in [0.3, 0.4) is 0 Å². The molecule has 0 nitrogen and oxygen atoms in total. The Balaban J connectivity index is 2.86. The van der Waals surface area contributed by atoms with Crippen LogP contribution in [-0.2, 0) is 0 Å². The van der Waals surface area contributed by atoms with E-state index in [0.717, 1.165) is 5.92 Å². The molecule has 0 unspecified atom stereocenters. The first-order valence-electron chi connectivity index (χ1n) is 5.32. The van der Waals surface area contributed by atoms with Crippen LogP contribution in [-0.4, -0.2) is 19.5 Å². The maximum absolute atomic E-state index is 2.44. The fraction of sp³-hybridized carbons (Fsp3) is 0.538. The highest BCUT2D eigenvalue weighted by atomic mass is 31.2. The summed E-state index contributed by atoms with van der Waals surface area (Å²) < 4.78 is 0. The molecular formula is C13H22P+. The van der Waals surface area contributed by atoms with E-state index in [1.807, 2.05) is 0 Å². The summed E-state index contributed by atoms with van der Waals surface area (Å²) in [6, 6.07) is 9.09. The number of aryl methyl sites for hydroxylation is 1. The second-order valence-electron chi connectivity index (χ2n) is 5.10. The van der Waals surface area contributed by atoms with Crippen LogP contribution in [0.5, 0.6) is 0 Å². The van der Waals surface area contributed by atoms with Gasteiger partial charge in [0, 0.05) is 7.26 Å². The van der Waals surface area contributed by atoms with Gasteiger partial charge in [-0.05, 0) is 25.0 Å². The van der Waals surface area contributed by atoms with Crippen molar-refractivity contribution in [3.8, 4) is 0 Å². The minimum absolute atomic E-state index is 0.805. The number of benzene rings is 1. The monoisotopic (exact) mass is 209 g/mol. The van der Waals surface area contributed by atoms with Crippen LogP contribution in [0, 0.1) is 12.8 Å². The molecule has 0 aliphatic rings. The fourth-order valence-electron chi connectivity index (χ4n) is 1.97. The second kappa shape index (κ2) is 4.45. The fourth-order valence-corrected chi connectivity index (χ4v) is 4.96. The van der Waals surface area contributed by atoms with Gasteiger partial charge in [-0.2, -0.15) is 0 Å². The van der Waals surface area contributed by atoms with Crippen molar-refractivity contribution in [2.75, 3.05) is 19.5 Å². The lowest BCUT2D eigenvalue weighted by atomic mass is 10.2. The lowest BCUT2D eigenvalue weighted by Gasteiger charge is -2.20.